The number of benzene rings is 1. The van der Waals surface area contributed by atoms with Crippen LogP contribution in [-0.2, 0) is 4.74 Å². The van der Waals surface area contributed by atoms with Crippen LogP contribution in [0, 0.1) is 5.92 Å². The van der Waals surface area contributed by atoms with Crippen LogP contribution in [0.4, 0.5) is 17.5 Å². The van der Waals surface area contributed by atoms with Crippen molar-refractivity contribution in [1.29, 1.82) is 0 Å². The number of ether oxygens (including phenoxy) is 1. The monoisotopic (exact) mass is 326 g/mol. The van der Waals surface area contributed by atoms with Gasteiger partial charge in [0.1, 0.15) is 5.82 Å². The summed E-state index contributed by atoms with van der Waals surface area (Å²) < 4.78 is 4.70. The van der Waals surface area contributed by atoms with Crippen LogP contribution < -0.4 is 10.2 Å². The number of anilines is 3. The second-order valence-electron chi connectivity index (χ2n) is 6.11. The van der Waals surface area contributed by atoms with E-state index in [1.54, 1.807) is 18.3 Å². The van der Waals surface area contributed by atoms with E-state index in [-0.39, 0.29) is 5.97 Å². The molecule has 0 amide bonds. The molecule has 1 aromatic heterocycles. The number of carbonyl (C=O) groups excluding carboxylic acids is 1. The Bertz CT molecular complexity index is 694. The zero-order valence-electron chi connectivity index (χ0n) is 14.0. The Hall–Kier alpha value is -2.63. The van der Waals surface area contributed by atoms with Crippen LogP contribution in [0.5, 0.6) is 0 Å². The zero-order valence-corrected chi connectivity index (χ0v) is 14.0. The summed E-state index contributed by atoms with van der Waals surface area (Å²) in [7, 11) is 1.37. The number of methoxy groups -OCH3 is 1. The number of rotatable bonds is 4. The number of carbonyl (C=O) groups is 1. The first kappa shape index (κ1) is 16.2. The Kier molecular flexibility index (Phi) is 4.93. The second-order valence-corrected chi connectivity index (χ2v) is 6.11. The van der Waals surface area contributed by atoms with Gasteiger partial charge in [-0.25, -0.2) is 9.78 Å². The van der Waals surface area contributed by atoms with Crippen molar-refractivity contribution in [3.63, 3.8) is 0 Å². The predicted octanol–water partition coefficient (Wildman–Crippen LogP) is 3.24. The third-order valence-electron chi connectivity index (χ3n) is 4.29. The Morgan fingerprint density at radius 2 is 1.92 bits per heavy atom. The Labute approximate surface area is 141 Å². The number of nitrogens with one attached hydrogen (secondary N) is 1. The van der Waals surface area contributed by atoms with E-state index in [9.17, 15) is 4.79 Å². The molecule has 1 aliphatic rings. The van der Waals surface area contributed by atoms with E-state index in [2.05, 4.69) is 27.1 Å². The van der Waals surface area contributed by atoms with Crippen LogP contribution in [0.25, 0.3) is 0 Å². The van der Waals surface area contributed by atoms with Gasteiger partial charge in [-0.1, -0.05) is 6.92 Å². The highest BCUT2D eigenvalue weighted by atomic mass is 16.5. The lowest BCUT2D eigenvalue weighted by molar-refractivity contribution is 0.0601. The van der Waals surface area contributed by atoms with Crippen LogP contribution in [0.3, 0.4) is 0 Å². The first-order chi connectivity index (χ1) is 11.7. The molecule has 2 heterocycles. The topological polar surface area (TPSA) is 67.3 Å². The third kappa shape index (κ3) is 3.82. The fourth-order valence-electron chi connectivity index (χ4n) is 2.73. The van der Waals surface area contributed by atoms with Gasteiger partial charge in [0.05, 0.1) is 12.7 Å². The van der Waals surface area contributed by atoms with Crippen molar-refractivity contribution >= 4 is 23.4 Å². The van der Waals surface area contributed by atoms with Crippen molar-refractivity contribution < 1.29 is 9.53 Å². The zero-order chi connectivity index (χ0) is 16.9. The highest BCUT2D eigenvalue weighted by Crippen LogP contribution is 2.22. The molecule has 0 radical (unpaired) electrons. The van der Waals surface area contributed by atoms with Crippen LogP contribution in [-0.4, -0.2) is 36.1 Å². The molecule has 0 atom stereocenters. The summed E-state index contributed by atoms with van der Waals surface area (Å²) in [5, 5.41) is 3.25. The van der Waals surface area contributed by atoms with Gasteiger partial charge >= 0.3 is 5.97 Å². The number of hydrogen-bond donors (Lipinski definition) is 1. The van der Waals surface area contributed by atoms with Crippen LogP contribution in [0.1, 0.15) is 30.1 Å². The minimum atomic E-state index is -0.342. The number of hydrogen-bond acceptors (Lipinski definition) is 6. The van der Waals surface area contributed by atoms with E-state index in [1.165, 1.54) is 20.0 Å². The van der Waals surface area contributed by atoms with Gasteiger partial charge in [-0.15, -0.1) is 0 Å². The fraction of sp³-hybridized carbons (Fsp3) is 0.389. The highest BCUT2D eigenvalue weighted by molar-refractivity contribution is 5.89. The molecule has 1 saturated heterocycles. The summed E-state index contributed by atoms with van der Waals surface area (Å²) >= 11 is 0. The molecule has 0 aliphatic carbocycles. The van der Waals surface area contributed by atoms with E-state index in [4.69, 9.17) is 4.74 Å². The Balaban J connectivity index is 1.69. The summed E-state index contributed by atoms with van der Waals surface area (Å²) in [6.07, 6.45) is 4.12. The van der Waals surface area contributed by atoms with E-state index in [0.29, 0.717) is 5.56 Å². The van der Waals surface area contributed by atoms with E-state index >= 15 is 0 Å². The van der Waals surface area contributed by atoms with Crippen molar-refractivity contribution in [3.8, 4) is 0 Å². The van der Waals surface area contributed by atoms with Gasteiger partial charge in [0.15, 0.2) is 0 Å². The predicted molar refractivity (Wildman–Crippen MR) is 93.7 cm³/mol. The van der Waals surface area contributed by atoms with Gasteiger partial charge < -0.3 is 15.0 Å². The molecule has 1 N–H and O–H groups in total. The quantitative estimate of drug-likeness (QED) is 0.870. The average Bonchev–Trinajstić information content (AvgIpc) is 2.62. The lowest BCUT2D eigenvalue weighted by Crippen LogP contribution is -2.34. The maximum absolute atomic E-state index is 11.5. The van der Waals surface area contributed by atoms with E-state index in [1.807, 2.05) is 18.2 Å². The van der Waals surface area contributed by atoms with Gasteiger partial charge in [-0.05, 0) is 49.1 Å². The van der Waals surface area contributed by atoms with Crippen molar-refractivity contribution in [2.45, 2.75) is 19.8 Å². The van der Waals surface area contributed by atoms with Gasteiger partial charge in [0, 0.05) is 25.0 Å². The first-order valence-corrected chi connectivity index (χ1v) is 8.19. The van der Waals surface area contributed by atoms with E-state index < -0.39 is 0 Å². The van der Waals surface area contributed by atoms with Gasteiger partial charge in [0.25, 0.3) is 0 Å². The van der Waals surface area contributed by atoms with Crippen molar-refractivity contribution in [2.24, 2.45) is 5.92 Å². The lowest BCUT2D eigenvalue weighted by atomic mass is 10.00. The average molecular weight is 326 g/mol. The van der Waals surface area contributed by atoms with Gasteiger partial charge in [0.2, 0.25) is 5.95 Å². The first-order valence-electron chi connectivity index (χ1n) is 8.19. The molecular formula is C18H22N4O2. The maximum Gasteiger partial charge on any atom is 0.337 e. The SMILES string of the molecule is COC(=O)c1ccc(Nc2ccnc(N3CCC(C)CC3)n2)cc1. The summed E-state index contributed by atoms with van der Waals surface area (Å²) in [6, 6.07) is 8.95. The smallest absolute Gasteiger partial charge is 0.337 e. The molecule has 3 rings (SSSR count). The molecule has 6 heteroatoms. The molecule has 1 aromatic carbocycles. The van der Waals surface area contributed by atoms with Crippen molar-refractivity contribution in [1.82, 2.24) is 9.97 Å². The highest BCUT2D eigenvalue weighted by Gasteiger charge is 2.18. The minimum absolute atomic E-state index is 0.342. The lowest BCUT2D eigenvalue weighted by Gasteiger charge is -2.30. The normalized spacial score (nSPS) is 15.2. The number of nitrogens with zero attached hydrogens (tertiary/aromatic N) is 3. The minimum Gasteiger partial charge on any atom is -0.465 e. The molecule has 1 fully saturated rings. The van der Waals surface area contributed by atoms with Crippen LogP contribution in [0.2, 0.25) is 0 Å². The standard InChI is InChI=1S/C18H22N4O2/c1-13-8-11-22(12-9-13)18-19-10-7-16(21-18)20-15-5-3-14(4-6-15)17(23)24-2/h3-7,10,13H,8-9,11-12H2,1-2H3,(H,19,20,21). The fourth-order valence-corrected chi connectivity index (χ4v) is 2.73. The summed E-state index contributed by atoms with van der Waals surface area (Å²) in [5.41, 5.74) is 1.38. The summed E-state index contributed by atoms with van der Waals surface area (Å²) in [6.45, 7) is 4.28. The third-order valence-corrected chi connectivity index (χ3v) is 4.29. The molecule has 0 spiro atoms. The summed E-state index contributed by atoms with van der Waals surface area (Å²) in [5.74, 6) is 1.93. The van der Waals surface area contributed by atoms with Gasteiger partial charge in [-0.3, -0.25) is 0 Å². The van der Waals surface area contributed by atoms with Crippen molar-refractivity contribution in [2.75, 3.05) is 30.4 Å². The van der Waals surface area contributed by atoms with E-state index in [0.717, 1.165) is 36.5 Å². The van der Waals surface area contributed by atoms with Crippen LogP contribution >= 0.6 is 0 Å². The van der Waals surface area contributed by atoms with Crippen LogP contribution in [0.15, 0.2) is 36.5 Å². The Morgan fingerprint density at radius 1 is 1.21 bits per heavy atom. The molecule has 0 unspecified atom stereocenters. The molecule has 0 saturated carbocycles. The molecule has 0 bridgehead atoms. The number of piperidine rings is 1. The molecular weight excluding hydrogens is 304 g/mol. The molecule has 1 aliphatic heterocycles. The number of aromatic nitrogens is 2. The molecule has 2 aromatic rings. The Morgan fingerprint density at radius 3 is 2.58 bits per heavy atom. The second kappa shape index (κ2) is 7.29. The molecule has 24 heavy (non-hydrogen) atoms. The summed E-state index contributed by atoms with van der Waals surface area (Å²) in [4.78, 5) is 22.7. The van der Waals surface area contributed by atoms with Gasteiger partial charge in [-0.2, -0.15) is 4.98 Å². The molecule has 6 nitrogen and oxygen atoms in total. The molecule has 126 valence electrons. The number of esters is 1. The largest absolute Gasteiger partial charge is 0.465 e. The van der Waals surface area contributed by atoms with Crippen molar-refractivity contribution in [3.05, 3.63) is 42.1 Å². The maximum atomic E-state index is 11.5.